The van der Waals surface area contributed by atoms with Crippen LogP contribution in [0.3, 0.4) is 0 Å². The second-order valence-corrected chi connectivity index (χ2v) is 8.20. The number of rotatable bonds is 15. The molecule has 0 aliphatic rings. The van der Waals surface area contributed by atoms with Gasteiger partial charge in [-0.15, -0.1) is 0 Å². The average molecular weight is 315 g/mol. The largest absolute Gasteiger partial charge is 0.175 e. The van der Waals surface area contributed by atoms with Gasteiger partial charge in [0.05, 0.1) is 0 Å². The van der Waals surface area contributed by atoms with Gasteiger partial charge in [0.15, 0.2) is 0 Å². The fourth-order valence-electron chi connectivity index (χ4n) is 3.04. The van der Waals surface area contributed by atoms with Crippen molar-refractivity contribution >= 4 is 12.6 Å². The van der Waals surface area contributed by atoms with Crippen LogP contribution in [0.1, 0.15) is 118 Å². The number of thiol groups is 1. The molecule has 0 aromatic heterocycles. The van der Waals surface area contributed by atoms with E-state index in [0.717, 1.165) is 0 Å². The first-order chi connectivity index (χ1) is 10.0. The van der Waals surface area contributed by atoms with Crippen molar-refractivity contribution in [3.05, 3.63) is 0 Å². The molecule has 0 rings (SSSR count). The van der Waals surface area contributed by atoms with E-state index >= 15 is 0 Å². The van der Waals surface area contributed by atoms with Crippen LogP contribution in [0.15, 0.2) is 0 Å². The van der Waals surface area contributed by atoms with Gasteiger partial charge in [0.1, 0.15) is 0 Å². The molecule has 0 heterocycles. The second-order valence-electron chi connectivity index (χ2n) is 7.58. The van der Waals surface area contributed by atoms with E-state index < -0.39 is 0 Å². The van der Waals surface area contributed by atoms with Gasteiger partial charge in [-0.05, 0) is 18.3 Å². The molecule has 1 unspecified atom stereocenters. The SMILES string of the molecule is CCCCCCCCCC(C)(C)C(S)CCCCCCC. The topological polar surface area (TPSA) is 0 Å². The van der Waals surface area contributed by atoms with Crippen LogP contribution in [-0.2, 0) is 0 Å². The Kier molecular flexibility index (Phi) is 14.2. The molecular weight excluding hydrogens is 272 g/mol. The Morgan fingerprint density at radius 2 is 1.10 bits per heavy atom. The van der Waals surface area contributed by atoms with Crippen molar-refractivity contribution in [1.29, 1.82) is 0 Å². The summed E-state index contributed by atoms with van der Waals surface area (Å²) in [6.45, 7) is 9.42. The first kappa shape index (κ1) is 21.4. The zero-order chi connectivity index (χ0) is 16.0. The molecule has 0 amide bonds. The Balaban J connectivity index is 3.60. The highest BCUT2D eigenvalue weighted by molar-refractivity contribution is 7.81. The Hall–Kier alpha value is 0.350. The van der Waals surface area contributed by atoms with Crippen LogP contribution >= 0.6 is 12.6 Å². The summed E-state index contributed by atoms with van der Waals surface area (Å²) >= 11 is 4.91. The molecule has 0 spiro atoms. The lowest BCUT2D eigenvalue weighted by Gasteiger charge is -2.31. The summed E-state index contributed by atoms with van der Waals surface area (Å²) in [5.41, 5.74) is 0.414. The molecule has 0 saturated heterocycles. The van der Waals surface area contributed by atoms with Gasteiger partial charge in [0, 0.05) is 5.25 Å². The molecular formula is C20H42S. The number of unbranched alkanes of at least 4 members (excludes halogenated alkanes) is 10. The van der Waals surface area contributed by atoms with Gasteiger partial charge in [-0.2, -0.15) is 12.6 Å². The molecule has 0 radical (unpaired) electrons. The van der Waals surface area contributed by atoms with Crippen LogP contribution in [0.5, 0.6) is 0 Å². The van der Waals surface area contributed by atoms with E-state index in [2.05, 4.69) is 27.7 Å². The normalized spacial score (nSPS) is 13.6. The van der Waals surface area contributed by atoms with Gasteiger partial charge >= 0.3 is 0 Å². The molecule has 0 aliphatic heterocycles. The molecule has 1 atom stereocenters. The van der Waals surface area contributed by atoms with Gasteiger partial charge in [-0.3, -0.25) is 0 Å². The molecule has 21 heavy (non-hydrogen) atoms. The predicted molar refractivity (Wildman–Crippen MR) is 103 cm³/mol. The summed E-state index contributed by atoms with van der Waals surface area (Å²) < 4.78 is 0. The minimum absolute atomic E-state index is 0.414. The second kappa shape index (κ2) is 14.0. The van der Waals surface area contributed by atoms with Crippen molar-refractivity contribution in [2.75, 3.05) is 0 Å². The van der Waals surface area contributed by atoms with Gasteiger partial charge < -0.3 is 0 Å². The fourth-order valence-corrected chi connectivity index (χ4v) is 3.35. The standard InChI is InChI=1S/C20H42S/c1-5-7-9-11-12-14-16-18-20(3,4)19(21)17-15-13-10-8-6-2/h19,21H,5-18H2,1-4H3. The van der Waals surface area contributed by atoms with E-state index in [1.807, 2.05) is 0 Å². The molecule has 0 aliphatic carbocycles. The van der Waals surface area contributed by atoms with Crippen LogP contribution in [0, 0.1) is 5.41 Å². The minimum atomic E-state index is 0.414. The summed E-state index contributed by atoms with van der Waals surface area (Å²) in [5.74, 6) is 0. The maximum Gasteiger partial charge on any atom is 0.00680 e. The van der Waals surface area contributed by atoms with E-state index in [4.69, 9.17) is 12.6 Å². The first-order valence-electron chi connectivity index (χ1n) is 9.72. The highest BCUT2D eigenvalue weighted by Crippen LogP contribution is 2.34. The molecule has 0 bridgehead atoms. The van der Waals surface area contributed by atoms with E-state index in [-0.39, 0.29) is 0 Å². The molecule has 0 aromatic carbocycles. The van der Waals surface area contributed by atoms with Crippen LogP contribution in [0.4, 0.5) is 0 Å². The third kappa shape index (κ3) is 12.6. The Bertz CT molecular complexity index is 210. The fraction of sp³-hybridized carbons (Fsp3) is 1.00. The summed E-state index contributed by atoms with van der Waals surface area (Å²) in [6.07, 6.45) is 19.5. The third-order valence-corrected chi connectivity index (χ3v) is 5.87. The van der Waals surface area contributed by atoms with Crippen LogP contribution in [-0.4, -0.2) is 5.25 Å². The Morgan fingerprint density at radius 3 is 1.62 bits per heavy atom. The maximum atomic E-state index is 4.91. The van der Waals surface area contributed by atoms with Crippen molar-refractivity contribution in [2.24, 2.45) is 5.41 Å². The Morgan fingerprint density at radius 1 is 0.667 bits per heavy atom. The average Bonchev–Trinajstić information content (AvgIpc) is 2.45. The molecule has 0 aromatic rings. The van der Waals surface area contributed by atoms with E-state index in [1.54, 1.807) is 0 Å². The molecule has 1 heteroatoms. The van der Waals surface area contributed by atoms with Crippen molar-refractivity contribution in [3.8, 4) is 0 Å². The molecule has 0 nitrogen and oxygen atoms in total. The van der Waals surface area contributed by atoms with E-state index in [0.29, 0.717) is 10.7 Å². The molecule has 0 fully saturated rings. The van der Waals surface area contributed by atoms with Gasteiger partial charge in [0.2, 0.25) is 0 Å². The predicted octanol–water partition coefficient (Wildman–Crippen LogP) is 7.81. The lowest BCUT2D eigenvalue weighted by molar-refractivity contribution is 0.294. The van der Waals surface area contributed by atoms with Crippen molar-refractivity contribution in [1.82, 2.24) is 0 Å². The van der Waals surface area contributed by atoms with Crippen LogP contribution < -0.4 is 0 Å². The van der Waals surface area contributed by atoms with Gasteiger partial charge in [-0.1, -0.05) is 105 Å². The lowest BCUT2D eigenvalue weighted by atomic mass is 9.81. The summed E-state index contributed by atoms with van der Waals surface area (Å²) in [5, 5.41) is 0.583. The summed E-state index contributed by atoms with van der Waals surface area (Å²) in [7, 11) is 0. The van der Waals surface area contributed by atoms with Crippen molar-refractivity contribution in [2.45, 2.75) is 123 Å². The van der Waals surface area contributed by atoms with Crippen molar-refractivity contribution < 1.29 is 0 Å². The molecule has 0 saturated carbocycles. The third-order valence-electron chi connectivity index (χ3n) is 4.91. The van der Waals surface area contributed by atoms with Crippen molar-refractivity contribution in [3.63, 3.8) is 0 Å². The maximum absolute atomic E-state index is 4.91. The van der Waals surface area contributed by atoms with Gasteiger partial charge in [-0.25, -0.2) is 0 Å². The van der Waals surface area contributed by atoms with Gasteiger partial charge in [0.25, 0.3) is 0 Å². The zero-order valence-corrected chi connectivity index (χ0v) is 16.3. The molecule has 0 N–H and O–H groups in total. The summed E-state index contributed by atoms with van der Waals surface area (Å²) in [4.78, 5) is 0. The first-order valence-corrected chi connectivity index (χ1v) is 10.2. The Labute approximate surface area is 141 Å². The number of hydrogen-bond donors (Lipinski definition) is 1. The highest BCUT2D eigenvalue weighted by Gasteiger charge is 2.25. The minimum Gasteiger partial charge on any atom is -0.175 e. The van der Waals surface area contributed by atoms with E-state index in [1.165, 1.54) is 89.9 Å². The molecule has 128 valence electrons. The summed E-state index contributed by atoms with van der Waals surface area (Å²) in [6, 6.07) is 0. The van der Waals surface area contributed by atoms with Crippen LogP contribution in [0.2, 0.25) is 0 Å². The highest BCUT2D eigenvalue weighted by atomic mass is 32.1. The quantitative estimate of drug-likeness (QED) is 0.231. The van der Waals surface area contributed by atoms with Crippen LogP contribution in [0.25, 0.3) is 0 Å². The van der Waals surface area contributed by atoms with E-state index in [9.17, 15) is 0 Å². The number of hydrogen-bond acceptors (Lipinski definition) is 1. The zero-order valence-electron chi connectivity index (χ0n) is 15.4. The smallest absolute Gasteiger partial charge is 0.00680 e. The lowest BCUT2D eigenvalue weighted by Crippen LogP contribution is -2.24. The monoisotopic (exact) mass is 314 g/mol.